The van der Waals surface area contributed by atoms with E-state index in [1.807, 2.05) is 0 Å². The smallest absolute Gasteiger partial charge is 0.288 e. The number of hydrogen-bond donors (Lipinski definition) is 0. The molecule has 20 heavy (non-hydrogen) atoms. The average Bonchev–Trinajstić information content (AvgIpc) is 2.40. The molecule has 0 saturated carbocycles. The van der Waals surface area contributed by atoms with Gasteiger partial charge in [-0.1, -0.05) is 17.7 Å². The van der Waals surface area contributed by atoms with Crippen molar-refractivity contribution in [2.75, 3.05) is 0 Å². The van der Waals surface area contributed by atoms with Crippen LogP contribution in [0.3, 0.4) is 0 Å². The summed E-state index contributed by atoms with van der Waals surface area (Å²) in [7, 11) is 0. The predicted octanol–water partition coefficient (Wildman–Crippen LogP) is 4.75. The van der Waals surface area contributed by atoms with Crippen molar-refractivity contribution in [1.82, 2.24) is 4.98 Å². The lowest BCUT2D eigenvalue weighted by Gasteiger charge is -2.12. The minimum absolute atomic E-state index is 0.0143. The van der Waals surface area contributed by atoms with Crippen LogP contribution in [0.1, 0.15) is 21.5 Å². The molecule has 2 aromatic rings. The number of carbonyl (C=O) groups excluding carboxylic acids is 1. The molecule has 104 valence electrons. The van der Waals surface area contributed by atoms with E-state index in [2.05, 4.69) is 20.9 Å². The van der Waals surface area contributed by atoms with E-state index < -0.39 is 23.1 Å². The highest BCUT2D eigenvalue weighted by molar-refractivity contribution is 9.10. The Morgan fingerprint density at radius 1 is 1.20 bits per heavy atom. The molecule has 1 heterocycles. The summed E-state index contributed by atoms with van der Waals surface area (Å²) in [6, 6.07) is 5.24. The van der Waals surface area contributed by atoms with E-state index >= 15 is 0 Å². The van der Waals surface area contributed by atoms with Crippen LogP contribution in [0.25, 0.3) is 0 Å². The third-order valence-corrected chi connectivity index (χ3v) is 3.86. The van der Waals surface area contributed by atoms with Crippen LogP contribution in [-0.4, -0.2) is 10.8 Å². The Morgan fingerprint density at radius 2 is 1.90 bits per heavy atom. The molecule has 2 rings (SSSR count). The van der Waals surface area contributed by atoms with Crippen molar-refractivity contribution in [3.8, 4) is 0 Å². The summed E-state index contributed by atoms with van der Waals surface area (Å²) >= 11 is 9.06. The van der Waals surface area contributed by atoms with E-state index in [4.69, 9.17) is 11.6 Å². The minimum Gasteiger partial charge on any atom is -0.288 e. The van der Waals surface area contributed by atoms with Gasteiger partial charge in [0, 0.05) is 22.4 Å². The Labute approximate surface area is 125 Å². The van der Waals surface area contributed by atoms with Gasteiger partial charge >= 0.3 is 6.18 Å². The molecule has 0 bridgehead atoms. The molecule has 0 saturated heterocycles. The first-order valence-corrected chi connectivity index (χ1v) is 6.49. The zero-order valence-electron chi connectivity index (χ0n) is 9.71. The number of alkyl halides is 3. The molecular formula is C13H6BrClF3NO. The summed E-state index contributed by atoms with van der Waals surface area (Å²) in [6.07, 6.45) is -2.75. The van der Waals surface area contributed by atoms with Gasteiger partial charge in [-0.3, -0.25) is 9.78 Å². The number of rotatable bonds is 2. The Hall–Kier alpha value is -1.40. The summed E-state index contributed by atoms with van der Waals surface area (Å²) < 4.78 is 39.1. The Morgan fingerprint density at radius 3 is 2.55 bits per heavy atom. The zero-order valence-corrected chi connectivity index (χ0v) is 12.1. The SMILES string of the molecule is O=C(c1cnccc1C(F)(F)F)c1cccc(Br)c1Cl. The van der Waals surface area contributed by atoms with Gasteiger partial charge in [-0.15, -0.1) is 0 Å². The maximum atomic E-state index is 12.9. The third kappa shape index (κ3) is 2.86. The molecule has 0 amide bonds. The Kier molecular flexibility index (Phi) is 4.15. The van der Waals surface area contributed by atoms with Gasteiger partial charge in [-0.2, -0.15) is 13.2 Å². The number of halogens is 5. The monoisotopic (exact) mass is 363 g/mol. The average molecular weight is 365 g/mol. The molecule has 0 N–H and O–H groups in total. The number of nitrogens with zero attached hydrogens (tertiary/aromatic N) is 1. The highest BCUT2D eigenvalue weighted by Crippen LogP contribution is 2.34. The molecule has 0 atom stereocenters. The maximum absolute atomic E-state index is 12.9. The lowest BCUT2D eigenvalue weighted by molar-refractivity contribution is -0.137. The van der Waals surface area contributed by atoms with Crippen LogP contribution in [0.2, 0.25) is 5.02 Å². The summed E-state index contributed by atoms with van der Waals surface area (Å²) in [5.74, 6) is -0.822. The number of pyridine rings is 1. The van der Waals surface area contributed by atoms with Crippen LogP contribution in [0.5, 0.6) is 0 Å². The normalized spacial score (nSPS) is 11.4. The van der Waals surface area contributed by atoms with Crippen LogP contribution in [0.4, 0.5) is 13.2 Å². The predicted molar refractivity (Wildman–Crippen MR) is 71.8 cm³/mol. The van der Waals surface area contributed by atoms with E-state index in [1.165, 1.54) is 12.1 Å². The lowest BCUT2D eigenvalue weighted by atomic mass is 10.00. The van der Waals surface area contributed by atoms with E-state index in [9.17, 15) is 18.0 Å². The Balaban J connectivity index is 2.58. The van der Waals surface area contributed by atoms with Gasteiger partial charge in [0.15, 0.2) is 5.78 Å². The van der Waals surface area contributed by atoms with Crippen molar-refractivity contribution in [2.24, 2.45) is 0 Å². The lowest BCUT2D eigenvalue weighted by Crippen LogP contribution is -2.14. The van der Waals surface area contributed by atoms with E-state index in [0.717, 1.165) is 18.5 Å². The number of aromatic nitrogens is 1. The first-order chi connectivity index (χ1) is 9.32. The highest BCUT2D eigenvalue weighted by Gasteiger charge is 2.35. The van der Waals surface area contributed by atoms with Crippen molar-refractivity contribution in [1.29, 1.82) is 0 Å². The van der Waals surface area contributed by atoms with Gasteiger partial charge in [-0.25, -0.2) is 0 Å². The van der Waals surface area contributed by atoms with Crippen molar-refractivity contribution in [3.63, 3.8) is 0 Å². The Bertz CT molecular complexity index is 673. The number of carbonyl (C=O) groups is 1. The fourth-order valence-corrected chi connectivity index (χ4v) is 2.22. The second-order valence-electron chi connectivity index (χ2n) is 3.85. The van der Waals surface area contributed by atoms with E-state index in [0.29, 0.717) is 4.47 Å². The van der Waals surface area contributed by atoms with Crippen molar-refractivity contribution in [3.05, 3.63) is 62.8 Å². The topological polar surface area (TPSA) is 30.0 Å². The molecule has 0 spiro atoms. The standard InChI is InChI=1S/C13H6BrClF3NO/c14-10-3-1-2-7(11(10)15)12(20)8-6-19-5-4-9(8)13(16,17)18/h1-6H. The molecule has 0 aliphatic rings. The first kappa shape index (κ1) is 15.0. The van der Waals surface area contributed by atoms with Crippen LogP contribution in [0.15, 0.2) is 41.1 Å². The van der Waals surface area contributed by atoms with Crippen molar-refractivity contribution < 1.29 is 18.0 Å². The summed E-state index contributed by atoms with van der Waals surface area (Å²) in [5.41, 5.74) is -1.58. The minimum atomic E-state index is -4.63. The van der Waals surface area contributed by atoms with Gasteiger partial charge in [0.25, 0.3) is 0 Å². The maximum Gasteiger partial charge on any atom is 0.417 e. The van der Waals surface area contributed by atoms with Crippen LogP contribution < -0.4 is 0 Å². The summed E-state index contributed by atoms with van der Waals surface area (Å²) in [5, 5.41) is 0.0643. The highest BCUT2D eigenvalue weighted by atomic mass is 79.9. The van der Waals surface area contributed by atoms with Gasteiger partial charge in [0.1, 0.15) is 0 Å². The molecule has 1 aromatic carbocycles. The van der Waals surface area contributed by atoms with Gasteiger partial charge in [-0.05, 0) is 34.1 Å². The summed E-state index contributed by atoms with van der Waals surface area (Å²) in [4.78, 5) is 15.8. The second-order valence-corrected chi connectivity index (χ2v) is 5.08. The molecule has 2 nitrogen and oxygen atoms in total. The largest absolute Gasteiger partial charge is 0.417 e. The summed E-state index contributed by atoms with van der Waals surface area (Å²) in [6.45, 7) is 0. The van der Waals surface area contributed by atoms with Crippen LogP contribution in [0, 0.1) is 0 Å². The van der Waals surface area contributed by atoms with Crippen LogP contribution in [-0.2, 0) is 6.18 Å². The quantitative estimate of drug-likeness (QED) is 0.720. The van der Waals surface area contributed by atoms with Gasteiger partial charge in [0.2, 0.25) is 0 Å². The molecule has 0 aliphatic carbocycles. The zero-order chi connectivity index (χ0) is 14.9. The molecule has 0 aliphatic heterocycles. The number of benzene rings is 1. The first-order valence-electron chi connectivity index (χ1n) is 5.32. The van der Waals surface area contributed by atoms with E-state index in [-0.39, 0.29) is 10.6 Å². The van der Waals surface area contributed by atoms with E-state index in [1.54, 1.807) is 6.07 Å². The molecular weight excluding hydrogens is 358 g/mol. The second kappa shape index (κ2) is 5.54. The fourth-order valence-electron chi connectivity index (χ4n) is 1.65. The number of ketones is 1. The molecule has 0 unspecified atom stereocenters. The number of hydrogen-bond acceptors (Lipinski definition) is 2. The molecule has 0 fully saturated rings. The van der Waals surface area contributed by atoms with Gasteiger partial charge < -0.3 is 0 Å². The molecule has 1 aromatic heterocycles. The van der Waals surface area contributed by atoms with Crippen molar-refractivity contribution in [2.45, 2.75) is 6.18 Å². The molecule has 0 radical (unpaired) electrons. The third-order valence-electron chi connectivity index (χ3n) is 2.57. The van der Waals surface area contributed by atoms with Gasteiger partial charge in [0.05, 0.1) is 16.1 Å². The van der Waals surface area contributed by atoms with Crippen molar-refractivity contribution >= 4 is 33.3 Å². The molecule has 7 heteroatoms. The van der Waals surface area contributed by atoms with Crippen LogP contribution >= 0.6 is 27.5 Å². The fraction of sp³-hybridized carbons (Fsp3) is 0.0769.